The van der Waals surface area contributed by atoms with Crippen LogP contribution in [0.5, 0.6) is 0 Å². The zero-order valence-electron chi connectivity index (χ0n) is 16.8. The topological polar surface area (TPSA) is 84.7 Å². The highest BCUT2D eigenvalue weighted by atomic mass is 35.5. The number of ketones is 1. The minimum Gasteiger partial charge on any atom is -0.385 e. The van der Waals surface area contributed by atoms with E-state index in [1.165, 1.54) is 18.5 Å². The molecule has 0 radical (unpaired) electrons. The van der Waals surface area contributed by atoms with Crippen molar-refractivity contribution < 1.29 is 4.79 Å². The fourth-order valence-corrected chi connectivity index (χ4v) is 5.26. The van der Waals surface area contributed by atoms with Crippen LogP contribution >= 0.6 is 11.6 Å². The van der Waals surface area contributed by atoms with Gasteiger partial charge in [0.05, 0.1) is 29.5 Å². The Labute approximate surface area is 180 Å². The molecule has 3 heterocycles. The average molecular weight is 425 g/mol. The number of allylic oxidation sites excluding steroid dienone is 2. The third-order valence-corrected chi connectivity index (χ3v) is 7.36. The van der Waals surface area contributed by atoms with E-state index in [0.29, 0.717) is 34.9 Å². The van der Waals surface area contributed by atoms with E-state index in [0.717, 1.165) is 55.6 Å². The maximum Gasteiger partial charge on any atom is 0.223 e. The zero-order valence-corrected chi connectivity index (χ0v) is 17.6. The van der Waals surface area contributed by atoms with E-state index in [2.05, 4.69) is 25.4 Å². The van der Waals surface area contributed by atoms with E-state index < -0.39 is 0 Å². The lowest BCUT2D eigenvalue weighted by Crippen LogP contribution is -2.38. The lowest BCUT2D eigenvalue weighted by Gasteiger charge is -2.32. The Morgan fingerprint density at radius 3 is 2.53 bits per heavy atom. The Morgan fingerprint density at radius 1 is 1.10 bits per heavy atom. The molecule has 0 aromatic carbocycles. The molecule has 30 heavy (non-hydrogen) atoms. The molecular formula is C22H25ClN6O. The molecule has 2 aromatic heterocycles. The highest BCUT2D eigenvalue weighted by Gasteiger charge is 2.48. The minimum absolute atomic E-state index is 0.222. The normalized spacial score (nSPS) is 26.2. The molecule has 2 aromatic rings. The van der Waals surface area contributed by atoms with Crippen molar-refractivity contribution in [3.63, 3.8) is 0 Å². The summed E-state index contributed by atoms with van der Waals surface area (Å²) in [5, 5.41) is 12.2. The fourth-order valence-electron chi connectivity index (χ4n) is 5.07. The minimum atomic E-state index is 0.222. The molecule has 1 spiro atoms. The standard InChI is InChI=1S/C22H25ClN6O/c23-18-11-24-21(27-14-3-1-13(2-4-14)26-15-7-16(30)8-15)28-20(18)17-10-25-29-12-22(5-6-22)9-19(17)29/h7,10-11,13-14,26H,1-6,8-9,12H2,(H,24,27,28). The van der Waals surface area contributed by atoms with E-state index >= 15 is 0 Å². The summed E-state index contributed by atoms with van der Waals surface area (Å²) in [6, 6.07) is 0.801. The second-order valence-corrected chi connectivity index (χ2v) is 9.79. The number of nitrogens with one attached hydrogen (secondary N) is 2. The summed E-state index contributed by atoms with van der Waals surface area (Å²) >= 11 is 6.49. The average Bonchev–Trinajstić information content (AvgIpc) is 3.21. The van der Waals surface area contributed by atoms with Gasteiger partial charge in [-0.3, -0.25) is 9.48 Å². The van der Waals surface area contributed by atoms with Crippen molar-refractivity contribution >= 4 is 23.3 Å². The quantitative estimate of drug-likeness (QED) is 0.764. The van der Waals surface area contributed by atoms with Crippen LogP contribution in [0.4, 0.5) is 5.95 Å². The third-order valence-electron chi connectivity index (χ3n) is 7.08. The van der Waals surface area contributed by atoms with Gasteiger partial charge in [0.2, 0.25) is 5.95 Å². The Morgan fingerprint density at radius 2 is 1.83 bits per heavy atom. The predicted molar refractivity (Wildman–Crippen MR) is 114 cm³/mol. The van der Waals surface area contributed by atoms with Gasteiger partial charge in [-0.1, -0.05) is 11.6 Å². The maximum atomic E-state index is 11.1. The van der Waals surface area contributed by atoms with E-state index in [-0.39, 0.29) is 5.78 Å². The number of anilines is 1. The first kappa shape index (κ1) is 18.4. The van der Waals surface area contributed by atoms with Crippen molar-refractivity contribution in [3.05, 3.63) is 34.9 Å². The van der Waals surface area contributed by atoms with Crippen molar-refractivity contribution in [2.24, 2.45) is 5.41 Å². The SMILES string of the molecule is O=C1C=C(NC2CCC(Nc3ncc(Cl)c(-c4cnn5c4CC4(CC4)C5)n3)CC2)C1. The second-order valence-electron chi connectivity index (χ2n) is 9.38. The van der Waals surface area contributed by atoms with Gasteiger partial charge in [-0.25, -0.2) is 9.97 Å². The molecule has 0 saturated heterocycles. The van der Waals surface area contributed by atoms with E-state index in [1.54, 1.807) is 12.3 Å². The molecule has 2 N–H and O–H groups in total. The van der Waals surface area contributed by atoms with Gasteiger partial charge < -0.3 is 10.6 Å². The Bertz CT molecular complexity index is 1050. The van der Waals surface area contributed by atoms with E-state index in [9.17, 15) is 4.79 Å². The van der Waals surface area contributed by atoms with Crippen LogP contribution in [0.25, 0.3) is 11.3 Å². The first-order valence-electron chi connectivity index (χ1n) is 10.9. The van der Waals surface area contributed by atoms with Crippen molar-refractivity contribution in [2.75, 3.05) is 5.32 Å². The largest absolute Gasteiger partial charge is 0.385 e. The summed E-state index contributed by atoms with van der Waals surface area (Å²) in [6.07, 6.45) is 13.8. The highest BCUT2D eigenvalue weighted by Crippen LogP contribution is 2.54. The van der Waals surface area contributed by atoms with E-state index in [4.69, 9.17) is 16.6 Å². The van der Waals surface area contributed by atoms with Gasteiger partial charge in [0.1, 0.15) is 0 Å². The molecule has 156 valence electrons. The van der Waals surface area contributed by atoms with Crippen LogP contribution in [-0.2, 0) is 17.8 Å². The molecule has 2 saturated carbocycles. The summed E-state index contributed by atoms with van der Waals surface area (Å²) in [5.74, 6) is 0.858. The molecule has 0 bridgehead atoms. The lowest BCUT2D eigenvalue weighted by atomic mass is 9.90. The number of carbonyl (C=O) groups is 1. The number of fused-ring (bicyclic) bond motifs is 1. The molecular weight excluding hydrogens is 400 g/mol. The Kier molecular flexibility index (Phi) is 4.17. The summed E-state index contributed by atoms with van der Waals surface area (Å²) in [6.45, 7) is 1.03. The van der Waals surface area contributed by atoms with Crippen LogP contribution in [0.3, 0.4) is 0 Å². The van der Waals surface area contributed by atoms with Crippen LogP contribution in [-0.4, -0.2) is 37.6 Å². The van der Waals surface area contributed by atoms with Gasteiger partial charge in [-0.05, 0) is 50.4 Å². The third kappa shape index (κ3) is 3.29. The molecule has 0 atom stereocenters. The first-order valence-corrected chi connectivity index (χ1v) is 11.3. The van der Waals surface area contributed by atoms with Crippen LogP contribution in [0.1, 0.15) is 50.6 Å². The van der Waals surface area contributed by atoms with Crippen molar-refractivity contribution in [1.82, 2.24) is 25.1 Å². The maximum absolute atomic E-state index is 11.1. The number of aromatic nitrogens is 4. The molecule has 8 heteroatoms. The smallest absolute Gasteiger partial charge is 0.223 e. The number of carbonyl (C=O) groups excluding carboxylic acids is 1. The van der Waals surface area contributed by atoms with Gasteiger partial charge in [-0.15, -0.1) is 0 Å². The van der Waals surface area contributed by atoms with Crippen LogP contribution in [0.2, 0.25) is 5.02 Å². The molecule has 1 aliphatic heterocycles. The lowest BCUT2D eigenvalue weighted by molar-refractivity contribution is -0.115. The fraction of sp³-hybridized carbons (Fsp3) is 0.545. The summed E-state index contributed by atoms with van der Waals surface area (Å²) in [5.41, 5.74) is 4.63. The molecule has 0 amide bonds. The number of rotatable bonds is 5. The van der Waals surface area contributed by atoms with E-state index in [1.807, 2.05) is 6.20 Å². The number of hydrogen-bond donors (Lipinski definition) is 2. The van der Waals surface area contributed by atoms with Crippen LogP contribution in [0.15, 0.2) is 24.2 Å². The highest BCUT2D eigenvalue weighted by molar-refractivity contribution is 6.33. The summed E-state index contributed by atoms with van der Waals surface area (Å²) < 4.78 is 2.13. The van der Waals surface area contributed by atoms with Crippen molar-refractivity contribution in [1.29, 1.82) is 0 Å². The van der Waals surface area contributed by atoms with Crippen molar-refractivity contribution in [3.8, 4) is 11.3 Å². The molecule has 0 unspecified atom stereocenters. The van der Waals surface area contributed by atoms with Gasteiger partial charge in [-0.2, -0.15) is 5.10 Å². The molecule has 3 aliphatic carbocycles. The number of nitrogens with zero attached hydrogens (tertiary/aromatic N) is 4. The monoisotopic (exact) mass is 424 g/mol. The molecule has 7 nitrogen and oxygen atoms in total. The predicted octanol–water partition coefficient (Wildman–Crippen LogP) is 3.50. The zero-order chi connectivity index (χ0) is 20.3. The molecule has 4 aliphatic rings. The van der Waals surface area contributed by atoms with Gasteiger partial charge >= 0.3 is 0 Å². The first-order chi connectivity index (χ1) is 14.6. The van der Waals surface area contributed by atoms with Gasteiger partial charge in [0.25, 0.3) is 0 Å². The number of hydrogen-bond acceptors (Lipinski definition) is 6. The van der Waals surface area contributed by atoms with Gasteiger partial charge in [0.15, 0.2) is 5.78 Å². The Balaban J connectivity index is 1.13. The number of halogens is 1. The summed E-state index contributed by atoms with van der Waals surface area (Å²) in [7, 11) is 0. The van der Waals surface area contributed by atoms with Crippen LogP contribution < -0.4 is 10.6 Å². The van der Waals surface area contributed by atoms with Crippen molar-refractivity contribution in [2.45, 2.75) is 70.0 Å². The molecule has 6 rings (SSSR count). The summed E-state index contributed by atoms with van der Waals surface area (Å²) in [4.78, 5) is 20.3. The van der Waals surface area contributed by atoms with Crippen LogP contribution in [0, 0.1) is 5.41 Å². The Hall–Kier alpha value is -2.41. The van der Waals surface area contributed by atoms with Gasteiger partial charge in [0, 0.05) is 41.7 Å². The second kappa shape index (κ2) is 6.80. The molecule has 2 fully saturated rings.